The number of nitrogens with one attached hydrogen (secondary N) is 2. The lowest BCUT2D eigenvalue weighted by atomic mass is 9.86. The van der Waals surface area contributed by atoms with Crippen LogP contribution < -0.4 is 10.6 Å². The normalized spacial score (nSPS) is 17.6. The van der Waals surface area contributed by atoms with Crippen molar-refractivity contribution in [2.24, 2.45) is 11.8 Å². The van der Waals surface area contributed by atoms with Crippen LogP contribution in [0.5, 0.6) is 0 Å². The van der Waals surface area contributed by atoms with Crippen molar-refractivity contribution in [3.8, 4) is 0 Å². The molecule has 0 spiro atoms. The molecule has 1 unspecified atom stereocenters. The van der Waals surface area contributed by atoms with Gasteiger partial charge in [-0.15, -0.1) is 0 Å². The van der Waals surface area contributed by atoms with E-state index in [9.17, 15) is 14.4 Å². The molecular weight excluding hydrogens is 540 g/mol. The molecular formula is C36H60N2O5. The maximum absolute atomic E-state index is 13.5. The largest absolute Gasteiger partial charge is 0.461 e. The Morgan fingerprint density at radius 3 is 2.07 bits per heavy atom. The van der Waals surface area contributed by atoms with Crippen LogP contribution in [0.4, 0.5) is 4.79 Å². The molecule has 1 aliphatic heterocycles. The van der Waals surface area contributed by atoms with Gasteiger partial charge in [-0.3, -0.25) is 4.79 Å². The number of esters is 2. The molecule has 2 N–H and O–H groups in total. The second-order valence-corrected chi connectivity index (χ2v) is 12.8. The third kappa shape index (κ3) is 15.6. The number of cyclic esters (lactones) is 1. The van der Waals surface area contributed by atoms with E-state index in [-0.39, 0.29) is 36.0 Å². The SMILES string of the molecule is CCCCCCCCCCCC(C[C@@H]1OC(=O)[C@H]1CCCCCC)OC(=O)[C@H](CC(C)C)NC(=O)NCc1ccccc1. The van der Waals surface area contributed by atoms with Crippen molar-refractivity contribution >= 4 is 18.0 Å². The average molecular weight is 601 g/mol. The summed E-state index contributed by atoms with van der Waals surface area (Å²) in [6, 6.07) is 8.55. The van der Waals surface area contributed by atoms with E-state index in [0.717, 1.165) is 50.5 Å². The molecule has 1 aliphatic rings. The smallest absolute Gasteiger partial charge is 0.328 e. The third-order valence-corrected chi connectivity index (χ3v) is 8.39. The van der Waals surface area contributed by atoms with E-state index in [4.69, 9.17) is 9.47 Å². The first kappa shape index (κ1) is 36.6. The molecule has 4 atom stereocenters. The predicted molar refractivity (Wildman–Crippen MR) is 174 cm³/mol. The van der Waals surface area contributed by atoms with Crippen LogP contribution in [0.15, 0.2) is 30.3 Å². The molecule has 0 aromatic heterocycles. The van der Waals surface area contributed by atoms with E-state index in [0.29, 0.717) is 19.4 Å². The Balaban J connectivity index is 1.94. The summed E-state index contributed by atoms with van der Waals surface area (Å²) in [7, 11) is 0. The Labute approximate surface area is 261 Å². The lowest BCUT2D eigenvalue weighted by Crippen LogP contribution is -2.49. The molecule has 0 aliphatic carbocycles. The molecule has 43 heavy (non-hydrogen) atoms. The van der Waals surface area contributed by atoms with Crippen molar-refractivity contribution in [1.29, 1.82) is 0 Å². The number of unbranched alkanes of at least 4 members (excludes halogenated alkanes) is 11. The number of benzene rings is 1. The lowest BCUT2D eigenvalue weighted by Gasteiger charge is -2.37. The van der Waals surface area contributed by atoms with Gasteiger partial charge in [0.05, 0.1) is 5.92 Å². The molecule has 244 valence electrons. The van der Waals surface area contributed by atoms with Gasteiger partial charge < -0.3 is 20.1 Å². The van der Waals surface area contributed by atoms with Gasteiger partial charge in [0, 0.05) is 13.0 Å². The monoisotopic (exact) mass is 600 g/mol. The second kappa shape index (κ2) is 22.0. The average Bonchev–Trinajstić information content (AvgIpc) is 2.98. The highest BCUT2D eigenvalue weighted by molar-refractivity contribution is 5.83. The highest BCUT2D eigenvalue weighted by Gasteiger charge is 2.43. The topological polar surface area (TPSA) is 93.7 Å². The van der Waals surface area contributed by atoms with Crippen LogP contribution in [0.2, 0.25) is 0 Å². The zero-order valence-corrected chi connectivity index (χ0v) is 27.5. The zero-order chi connectivity index (χ0) is 31.3. The van der Waals surface area contributed by atoms with Gasteiger partial charge in [0.15, 0.2) is 0 Å². The van der Waals surface area contributed by atoms with Crippen LogP contribution in [0.25, 0.3) is 0 Å². The number of carbonyl (C=O) groups excluding carboxylic acids is 3. The van der Waals surface area contributed by atoms with Gasteiger partial charge in [-0.25, -0.2) is 9.59 Å². The molecule has 7 nitrogen and oxygen atoms in total. The highest BCUT2D eigenvalue weighted by atomic mass is 16.6. The quantitative estimate of drug-likeness (QED) is 0.0915. The van der Waals surface area contributed by atoms with Crippen molar-refractivity contribution < 1.29 is 23.9 Å². The van der Waals surface area contributed by atoms with Gasteiger partial charge in [-0.1, -0.05) is 135 Å². The number of amides is 2. The third-order valence-electron chi connectivity index (χ3n) is 8.39. The minimum absolute atomic E-state index is 0.102. The van der Waals surface area contributed by atoms with Crippen LogP contribution in [0.3, 0.4) is 0 Å². The molecule has 1 aromatic rings. The minimum atomic E-state index is -0.741. The van der Waals surface area contributed by atoms with Crippen LogP contribution in [-0.2, 0) is 25.6 Å². The molecule has 0 bridgehead atoms. The summed E-state index contributed by atoms with van der Waals surface area (Å²) in [6.07, 6.45) is 17.5. The molecule has 1 heterocycles. The van der Waals surface area contributed by atoms with Crippen molar-refractivity contribution in [3.05, 3.63) is 35.9 Å². The van der Waals surface area contributed by atoms with E-state index in [1.54, 1.807) is 0 Å². The van der Waals surface area contributed by atoms with E-state index in [1.165, 1.54) is 51.4 Å². The van der Waals surface area contributed by atoms with Crippen molar-refractivity contribution in [2.75, 3.05) is 0 Å². The zero-order valence-electron chi connectivity index (χ0n) is 27.5. The molecule has 1 fully saturated rings. The van der Waals surface area contributed by atoms with Gasteiger partial charge in [-0.05, 0) is 37.2 Å². The summed E-state index contributed by atoms with van der Waals surface area (Å²) in [4.78, 5) is 38.5. The van der Waals surface area contributed by atoms with Crippen LogP contribution in [0.1, 0.15) is 142 Å². The fourth-order valence-corrected chi connectivity index (χ4v) is 5.79. The predicted octanol–water partition coefficient (Wildman–Crippen LogP) is 8.64. The van der Waals surface area contributed by atoms with E-state index < -0.39 is 12.0 Å². The van der Waals surface area contributed by atoms with E-state index in [2.05, 4.69) is 24.5 Å². The van der Waals surface area contributed by atoms with Crippen molar-refractivity contribution in [1.82, 2.24) is 10.6 Å². The van der Waals surface area contributed by atoms with Gasteiger partial charge in [0.1, 0.15) is 18.2 Å². The molecule has 7 heteroatoms. The number of urea groups is 1. The summed E-state index contributed by atoms with van der Waals surface area (Å²) < 4.78 is 11.7. The standard InChI is InChI=1S/C36H60N2O5/c1-5-7-9-11-12-13-14-15-19-23-30(26-33-31(34(39)43-33)24-20-10-8-6-2)42-35(40)32(25-28(3)4)38-36(41)37-27-29-21-17-16-18-22-29/h16-18,21-22,28,30-33H,5-15,19-20,23-27H2,1-4H3,(H2,37,38,41)/t30?,31-,32-,33-/m0/s1. The van der Waals surface area contributed by atoms with Gasteiger partial charge in [-0.2, -0.15) is 0 Å². The lowest BCUT2D eigenvalue weighted by molar-refractivity contribution is -0.190. The number of carbonyl (C=O) groups is 3. The van der Waals surface area contributed by atoms with E-state index in [1.807, 2.05) is 44.2 Å². The van der Waals surface area contributed by atoms with Crippen LogP contribution in [0, 0.1) is 11.8 Å². The molecule has 0 saturated carbocycles. The number of ether oxygens (including phenoxy) is 2. The maximum Gasteiger partial charge on any atom is 0.328 e. The summed E-state index contributed by atoms with van der Waals surface area (Å²) >= 11 is 0. The summed E-state index contributed by atoms with van der Waals surface area (Å²) in [5.74, 6) is -0.434. The molecule has 0 radical (unpaired) electrons. The molecule has 1 saturated heterocycles. The molecule has 2 amide bonds. The fraction of sp³-hybridized carbons (Fsp3) is 0.750. The Kier molecular flexibility index (Phi) is 18.7. The Morgan fingerprint density at radius 2 is 1.47 bits per heavy atom. The Morgan fingerprint density at radius 1 is 0.860 bits per heavy atom. The van der Waals surface area contributed by atoms with Crippen LogP contribution in [-0.4, -0.2) is 36.2 Å². The summed E-state index contributed by atoms with van der Waals surface area (Å²) in [5, 5.41) is 5.71. The van der Waals surface area contributed by atoms with Crippen molar-refractivity contribution in [2.45, 2.75) is 162 Å². The van der Waals surface area contributed by atoms with Crippen LogP contribution >= 0.6 is 0 Å². The van der Waals surface area contributed by atoms with E-state index >= 15 is 0 Å². The molecule has 1 aromatic carbocycles. The number of hydrogen-bond donors (Lipinski definition) is 2. The first-order valence-corrected chi connectivity index (χ1v) is 17.3. The first-order chi connectivity index (χ1) is 20.8. The van der Waals surface area contributed by atoms with Gasteiger partial charge in [0.25, 0.3) is 0 Å². The first-order valence-electron chi connectivity index (χ1n) is 17.3. The summed E-state index contributed by atoms with van der Waals surface area (Å²) in [5.41, 5.74) is 0.987. The van der Waals surface area contributed by atoms with Crippen molar-refractivity contribution in [3.63, 3.8) is 0 Å². The Hall–Kier alpha value is -2.57. The van der Waals surface area contributed by atoms with Gasteiger partial charge >= 0.3 is 18.0 Å². The fourth-order valence-electron chi connectivity index (χ4n) is 5.79. The minimum Gasteiger partial charge on any atom is -0.461 e. The second-order valence-electron chi connectivity index (χ2n) is 12.8. The Bertz CT molecular complexity index is 906. The molecule has 2 rings (SSSR count). The number of rotatable bonds is 24. The highest BCUT2D eigenvalue weighted by Crippen LogP contribution is 2.33. The summed E-state index contributed by atoms with van der Waals surface area (Å²) in [6.45, 7) is 8.86. The number of hydrogen-bond acceptors (Lipinski definition) is 5. The van der Waals surface area contributed by atoms with Gasteiger partial charge in [0.2, 0.25) is 0 Å². The maximum atomic E-state index is 13.5.